The van der Waals surface area contributed by atoms with Gasteiger partial charge in [0.1, 0.15) is 0 Å². The van der Waals surface area contributed by atoms with Crippen molar-refractivity contribution in [3.8, 4) is 6.07 Å². The average molecular weight is 266 g/mol. The van der Waals surface area contributed by atoms with Crippen molar-refractivity contribution in [2.45, 2.75) is 13.8 Å². The van der Waals surface area contributed by atoms with Crippen LogP contribution in [0.15, 0.2) is 18.2 Å². The minimum Gasteiger partial charge on any atom is -0.398 e. The van der Waals surface area contributed by atoms with Gasteiger partial charge in [-0.1, -0.05) is 17.7 Å². The zero-order valence-electron chi connectivity index (χ0n) is 10.5. The van der Waals surface area contributed by atoms with Crippen molar-refractivity contribution in [2.24, 2.45) is 5.92 Å². The molecule has 1 rings (SSSR count). The van der Waals surface area contributed by atoms with Gasteiger partial charge in [-0.3, -0.25) is 4.79 Å². The number of carbonyl (C=O) groups is 1. The summed E-state index contributed by atoms with van der Waals surface area (Å²) in [4.78, 5) is 13.9. The molecule has 5 heteroatoms. The molecule has 18 heavy (non-hydrogen) atoms. The molecule has 1 unspecified atom stereocenters. The highest BCUT2D eigenvalue weighted by Gasteiger charge is 2.21. The van der Waals surface area contributed by atoms with Crippen LogP contribution in [0.5, 0.6) is 0 Å². The number of nitriles is 1. The lowest BCUT2D eigenvalue weighted by molar-refractivity contribution is 0.0754. The molecule has 0 aliphatic carbocycles. The van der Waals surface area contributed by atoms with Crippen LogP contribution < -0.4 is 5.73 Å². The summed E-state index contributed by atoms with van der Waals surface area (Å²) >= 11 is 6.00. The Morgan fingerprint density at radius 2 is 2.28 bits per heavy atom. The summed E-state index contributed by atoms with van der Waals surface area (Å²) in [6, 6.07) is 7.08. The van der Waals surface area contributed by atoms with Crippen LogP contribution in [0, 0.1) is 17.2 Å². The van der Waals surface area contributed by atoms with Crippen molar-refractivity contribution in [3.05, 3.63) is 28.8 Å². The normalized spacial score (nSPS) is 11.7. The van der Waals surface area contributed by atoms with E-state index in [1.54, 1.807) is 30.0 Å². The first-order chi connectivity index (χ1) is 8.51. The molecule has 0 saturated carbocycles. The first-order valence-corrected chi connectivity index (χ1v) is 6.11. The molecule has 0 saturated heterocycles. The van der Waals surface area contributed by atoms with Crippen molar-refractivity contribution < 1.29 is 4.79 Å². The third-order valence-electron chi connectivity index (χ3n) is 2.64. The third-order valence-corrected chi connectivity index (χ3v) is 2.96. The van der Waals surface area contributed by atoms with Crippen LogP contribution >= 0.6 is 11.6 Å². The molecule has 1 aromatic rings. The van der Waals surface area contributed by atoms with Crippen molar-refractivity contribution in [3.63, 3.8) is 0 Å². The van der Waals surface area contributed by atoms with Crippen LogP contribution in [-0.2, 0) is 0 Å². The number of anilines is 1. The zero-order valence-corrected chi connectivity index (χ0v) is 11.2. The van der Waals surface area contributed by atoms with E-state index in [4.69, 9.17) is 22.6 Å². The molecule has 4 nitrogen and oxygen atoms in total. The number of rotatable bonds is 4. The van der Waals surface area contributed by atoms with Crippen LogP contribution in [0.25, 0.3) is 0 Å². The minimum atomic E-state index is -0.234. The largest absolute Gasteiger partial charge is 0.398 e. The van der Waals surface area contributed by atoms with Gasteiger partial charge in [0.2, 0.25) is 0 Å². The lowest BCUT2D eigenvalue weighted by atomic mass is 10.1. The molecule has 0 heterocycles. The Hall–Kier alpha value is -1.73. The lowest BCUT2D eigenvalue weighted by Crippen LogP contribution is -2.35. The van der Waals surface area contributed by atoms with Crippen LogP contribution in [0.3, 0.4) is 0 Å². The maximum absolute atomic E-state index is 12.3. The van der Waals surface area contributed by atoms with Gasteiger partial charge in [0.15, 0.2) is 0 Å². The van der Waals surface area contributed by atoms with Crippen LogP contribution in [-0.4, -0.2) is 23.9 Å². The van der Waals surface area contributed by atoms with Gasteiger partial charge in [0.05, 0.1) is 22.6 Å². The Kier molecular flexibility index (Phi) is 4.99. The number of amides is 1. The van der Waals surface area contributed by atoms with Gasteiger partial charge in [0, 0.05) is 18.8 Å². The van der Waals surface area contributed by atoms with Gasteiger partial charge in [-0.05, 0) is 26.0 Å². The molecule has 1 amide bonds. The predicted molar refractivity (Wildman–Crippen MR) is 72.2 cm³/mol. The van der Waals surface area contributed by atoms with Gasteiger partial charge < -0.3 is 10.6 Å². The monoisotopic (exact) mass is 265 g/mol. The van der Waals surface area contributed by atoms with Crippen LogP contribution in [0.4, 0.5) is 5.69 Å². The standard InChI is InChI=1S/C13H16ClN3O/c1-3-17(8-9(2)7-15)13(18)12-10(14)5-4-6-11(12)16/h4-6,9H,3,8,16H2,1-2H3. The van der Waals surface area contributed by atoms with E-state index in [-0.39, 0.29) is 11.8 Å². The highest BCUT2D eigenvalue weighted by Crippen LogP contribution is 2.23. The second-order valence-electron chi connectivity index (χ2n) is 4.08. The highest BCUT2D eigenvalue weighted by atomic mass is 35.5. The second-order valence-corrected chi connectivity index (χ2v) is 4.49. The zero-order chi connectivity index (χ0) is 13.7. The van der Waals surface area contributed by atoms with E-state index >= 15 is 0 Å². The molecule has 0 aliphatic rings. The molecule has 0 radical (unpaired) electrons. The molecule has 96 valence electrons. The molecule has 0 bridgehead atoms. The van der Waals surface area contributed by atoms with E-state index in [1.807, 2.05) is 6.92 Å². The predicted octanol–water partition coefficient (Wildman–Crippen LogP) is 2.54. The Labute approximate surface area is 112 Å². The number of nitrogen functional groups attached to an aromatic ring is 1. The average Bonchev–Trinajstić information content (AvgIpc) is 2.35. The SMILES string of the molecule is CCN(CC(C)C#N)C(=O)c1c(N)cccc1Cl. The van der Waals surface area contributed by atoms with Crippen LogP contribution in [0.1, 0.15) is 24.2 Å². The first-order valence-electron chi connectivity index (χ1n) is 5.74. The number of carbonyl (C=O) groups excluding carboxylic acids is 1. The highest BCUT2D eigenvalue weighted by molar-refractivity contribution is 6.34. The van der Waals surface area contributed by atoms with Crippen LogP contribution in [0.2, 0.25) is 5.02 Å². The van der Waals surface area contributed by atoms with Crippen molar-refractivity contribution in [1.82, 2.24) is 4.90 Å². The van der Waals surface area contributed by atoms with Gasteiger partial charge in [0.25, 0.3) is 5.91 Å². The van der Waals surface area contributed by atoms with E-state index in [0.29, 0.717) is 29.4 Å². The minimum absolute atomic E-state index is 0.224. The molecule has 1 atom stereocenters. The molecule has 0 spiro atoms. The lowest BCUT2D eigenvalue weighted by Gasteiger charge is -2.23. The quantitative estimate of drug-likeness (QED) is 0.851. The number of hydrogen-bond donors (Lipinski definition) is 1. The molecule has 0 fully saturated rings. The summed E-state index contributed by atoms with van der Waals surface area (Å²) in [5.74, 6) is -0.458. The fourth-order valence-electron chi connectivity index (χ4n) is 1.65. The molecule has 0 aliphatic heterocycles. The number of hydrogen-bond acceptors (Lipinski definition) is 3. The first kappa shape index (κ1) is 14.3. The fraction of sp³-hybridized carbons (Fsp3) is 0.385. The maximum Gasteiger partial charge on any atom is 0.257 e. The fourth-order valence-corrected chi connectivity index (χ4v) is 1.91. The van der Waals surface area contributed by atoms with Crippen molar-refractivity contribution in [1.29, 1.82) is 5.26 Å². The molecular weight excluding hydrogens is 250 g/mol. The van der Waals surface area contributed by atoms with Gasteiger partial charge in [-0.25, -0.2) is 0 Å². The van der Waals surface area contributed by atoms with Gasteiger partial charge in [-0.15, -0.1) is 0 Å². The number of benzene rings is 1. The van der Waals surface area contributed by atoms with E-state index < -0.39 is 0 Å². The van der Waals surface area contributed by atoms with Gasteiger partial charge >= 0.3 is 0 Å². The van der Waals surface area contributed by atoms with E-state index in [9.17, 15) is 4.79 Å². The third kappa shape index (κ3) is 3.14. The number of nitrogens with two attached hydrogens (primary N) is 1. The van der Waals surface area contributed by atoms with Crippen molar-refractivity contribution >= 4 is 23.2 Å². The van der Waals surface area contributed by atoms with Crippen molar-refractivity contribution in [2.75, 3.05) is 18.8 Å². The summed E-state index contributed by atoms with van der Waals surface area (Å²) < 4.78 is 0. The number of nitrogens with zero attached hydrogens (tertiary/aromatic N) is 2. The molecular formula is C13H16ClN3O. The van der Waals surface area contributed by atoms with E-state index in [0.717, 1.165) is 0 Å². The Balaban J connectivity index is 3.01. The molecule has 1 aromatic carbocycles. The Morgan fingerprint density at radius 1 is 1.61 bits per heavy atom. The number of halogens is 1. The van der Waals surface area contributed by atoms with Gasteiger partial charge in [-0.2, -0.15) is 5.26 Å². The Morgan fingerprint density at radius 3 is 2.78 bits per heavy atom. The molecule has 2 N–H and O–H groups in total. The second kappa shape index (κ2) is 6.27. The Bertz CT molecular complexity index is 461. The molecule has 0 aromatic heterocycles. The summed E-state index contributed by atoms with van der Waals surface area (Å²) in [5, 5.41) is 9.14. The summed E-state index contributed by atoms with van der Waals surface area (Å²) in [6.45, 7) is 4.51. The summed E-state index contributed by atoms with van der Waals surface area (Å²) in [5.41, 5.74) is 6.45. The summed E-state index contributed by atoms with van der Waals surface area (Å²) in [7, 11) is 0. The maximum atomic E-state index is 12.3. The topological polar surface area (TPSA) is 70.1 Å². The van der Waals surface area contributed by atoms with E-state index in [1.165, 1.54) is 0 Å². The van der Waals surface area contributed by atoms with E-state index in [2.05, 4.69) is 6.07 Å². The smallest absolute Gasteiger partial charge is 0.257 e. The summed E-state index contributed by atoms with van der Waals surface area (Å²) in [6.07, 6.45) is 0.